The number of carbonyl (C=O) groups is 1. The van der Waals surface area contributed by atoms with Crippen molar-refractivity contribution in [1.82, 2.24) is 4.90 Å². The number of piperidine rings is 1. The predicted molar refractivity (Wildman–Crippen MR) is 108 cm³/mol. The highest BCUT2D eigenvalue weighted by Gasteiger charge is 2.50. The van der Waals surface area contributed by atoms with E-state index in [4.69, 9.17) is 5.26 Å². The van der Waals surface area contributed by atoms with E-state index in [2.05, 4.69) is 0 Å². The standard InChI is InChI=1S/C23H20F5N3O2/c24-19-4-2-14(7-20(19)25)21(33)30-6-5-22(13-32)12-31(11-16(22)10-30)17-3-1-15(9-29)18(8-17)23(26,27)28/h1-4,7-8,16,32H,5-6,10-13H2/t16-,22+/m1/s1. The molecule has 10 heteroatoms. The number of nitrogens with zero attached hydrogens (tertiary/aromatic N) is 3. The van der Waals surface area contributed by atoms with Crippen LogP contribution in [0.25, 0.3) is 0 Å². The molecule has 2 aromatic carbocycles. The molecule has 2 heterocycles. The van der Waals surface area contributed by atoms with Gasteiger partial charge >= 0.3 is 6.18 Å². The van der Waals surface area contributed by atoms with Crippen LogP contribution in [0.2, 0.25) is 0 Å². The monoisotopic (exact) mass is 465 g/mol. The number of aliphatic hydroxyl groups excluding tert-OH is 1. The number of alkyl halides is 3. The normalized spacial score (nSPS) is 22.8. The fraction of sp³-hybridized carbons (Fsp3) is 0.391. The molecular formula is C23H20F5N3O2. The molecule has 174 valence electrons. The van der Waals surface area contributed by atoms with Crippen LogP contribution in [0.15, 0.2) is 36.4 Å². The SMILES string of the molecule is N#Cc1ccc(N2C[C@H]3CN(C(=O)c4ccc(F)c(F)c4)CC[C@@]3(CO)C2)cc1C(F)(F)F. The highest BCUT2D eigenvalue weighted by molar-refractivity contribution is 5.94. The number of carbonyl (C=O) groups excluding carboxylic acids is 1. The summed E-state index contributed by atoms with van der Waals surface area (Å²) in [6.07, 6.45) is -4.28. The molecule has 33 heavy (non-hydrogen) atoms. The zero-order chi connectivity index (χ0) is 24.0. The molecule has 2 aromatic rings. The zero-order valence-electron chi connectivity index (χ0n) is 17.4. The number of aliphatic hydroxyl groups is 1. The van der Waals surface area contributed by atoms with E-state index in [0.29, 0.717) is 19.5 Å². The molecule has 1 N–H and O–H groups in total. The molecule has 1 amide bonds. The van der Waals surface area contributed by atoms with Crippen molar-refractivity contribution in [2.75, 3.05) is 37.7 Å². The molecule has 5 nitrogen and oxygen atoms in total. The van der Waals surface area contributed by atoms with Gasteiger partial charge in [-0.25, -0.2) is 8.78 Å². The number of hydrogen-bond acceptors (Lipinski definition) is 4. The number of fused-ring (bicyclic) bond motifs is 1. The average molecular weight is 465 g/mol. The molecule has 0 spiro atoms. The summed E-state index contributed by atoms with van der Waals surface area (Å²) in [4.78, 5) is 16.0. The van der Waals surface area contributed by atoms with E-state index < -0.39 is 40.3 Å². The smallest absolute Gasteiger partial charge is 0.396 e. The van der Waals surface area contributed by atoms with Crippen LogP contribution in [0.5, 0.6) is 0 Å². The van der Waals surface area contributed by atoms with Gasteiger partial charge in [0.1, 0.15) is 0 Å². The number of hydrogen-bond donors (Lipinski definition) is 1. The molecule has 0 aliphatic carbocycles. The van der Waals surface area contributed by atoms with Crippen LogP contribution >= 0.6 is 0 Å². The van der Waals surface area contributed by atoms with Crippen LogP contribution in [0.1, 0.15) is 27.9 Å². The second-order valence-electron chi connectivity index (χ2n) is 8.57. The molecular weight excluding hydrogens is 445 g/mol. The first-order valence-electron chi connectivity index (χ1n) is 10.3. The maximum atomic E-state index is 13.6. The summed E-state index contributed by atoms with van der Waals surface area (Å²) >= 11 is 0. The lowest BCUT2D eigenvalue weighted by atomic mass is 9.73. The van der Waals surface area contributed by atoms with Gasteiger partial charge < -0.3 is 14.9 Å². The van der Waals surface area contributed by atoms with Crippen molar-refractivity contribution in [3.05, 3.63) is 64.7 Å². The average Bonchev–Trinajstić information content (AvgIpc) is 3.18. The number of amides is 1. The van der Waals surface area contributed by atoms with Crippen LogP contribution in [-0.4, -0.2) is 48.7 Å². The quantitative estimate of drug-likeness (QED) is 0.700. The van der Waals surface area contributed by atoms with Gasteiger partial charge in [0.2, 0.25) is 0 Å². The van der Waals surface area contributed by atoms with Crippen molar-refractivity contribution in [2.45, 2.75) is 12.6 Å². The van der Waals surface area contributed by atoms with Crippen LogP contribution in [0.4, 0.5) is 27.6 Å². The fourth-order valence-electron chi connectivity index (χ4n) is 4.79. The van der Waals surface area contributed by atoms with Gasteiger partial charge in [-0.3, -0.25) is 4.79 Å². The molecule has 0 saturated carbocycles. The highest BCUT2D eigenvalue weighted by Crippen LogP contribution is 2.45. The molecule has 0 aromatic heterocycles. The van der Waals surface area contributed by atoms with Crippen LogP contribution < -0.4 is 4.90 Å². The lowest BCUT2D eigenvalue weighted by Crippen LogP contribution is -2.50. The van der Waals surface area contributed by atoms with Gasteiger partial charge in [0.15, 0.2) is 11.6 Å². The Morgan fingerprint density at radius 1 is 1.15 bits per heavy atom. The van der Waals surface area contributed by atoms with Crippen LogP contribution in [0, 0.1) is 34.3 Å². The Hall–Kier alpha value is -3.19. The second kappa shape index (κ2) is 8.30. The summed E-state index contributed by atoms with van der Waals surface area (Å²) in [6, 6.07) is 7.98. The molecule has 0 radical (unpaired) electrons. The second-order valence-corrected chi connectivity index (χ2v) is 8.57. The van der Waals surface area contributed by atoms with Crippen molar-refractivity contribution < 1.29 is 31.9 Å². The van der Waals surface area contributed by atoms with Gasteiger partial charge in [-0.15, -0.1) is 0 Å². The lowest BCUT2D eigenvalue weighted by Gasteiger charge is -2.42. The number of benzene rings is 2. The molecule has 4 rings (SSSR count). The minimum absolute atomic E-state index is 0.00200. The van der Waals surface area contributed by atoms with E-state index in [-0.39, 0.29) is 36.9 Å². The minimum atomic E-state index is -4.68. The number of likely N-dealkylation sites (tertiary alicyclic amines) is 1. The Morgan fingerprint density at radius 3 is 2.55 bits per heavy atom. The van der Waals surface area contributed by atoms with Gasteiger partial charge in [-0.05, 0) is 42.8 Å². The van der Waals surface area contributed by atoms with Crippen LogP contribution in [-0.2, 0) is 6.18 Å². The Bertz CT molecular complexity index is 1130. The van der Waals surface area contributed by atoms with Gasteiger partial charge in [-0.1, -0.05) is 0 Å². The van der Waals surface area contributed by atoms with E-state index >= 15 is 0 Å². The summed E-state index contributed by atoms with van der Waals surface area (Å²) in [5, 5.41) is 19.2. The number of nitriles is 1. The molecule has 0 bridgehead atoms. The largest absolute Gasteiger partial charge is 0.417 e. The summed E-state index contributed by atoms with van der Waals surface area (Å²) in [7, 11) is 0. The predicted octanol–water partition coefficient (Wildman–Crippen LogP) is 3.82. The Labute approximate surface area is 186 Å². The van der Waals surface area contributed by atoms with Crippen molar-refractivity contribution in [1.29, 1.82) is 5.26 Å². The van der Waals surface area contributed by atoms with Crippen molar-refractivity contribution >= 4 is 11.6 Å². The molecule has 0 unspecified atom stereocenters. The molecule has 2 fully saturated rings. The lowest BCUT2D eigenvalue weighted by molar-refractivity contribution is -0.137. The van der Waals surface area contributed by atoms with Gasteiger partial charge in [0.25, 0.3) is 5.91 Å². The minimum Gasteiger partial charge on any atom is -0.396 e. The van der Waals surface area contributed by atoms with Crippen LogP contribution in [0.3, 0.4) is 0 Å². The maximum Gasteiger partial charge on any atom is 0.417 e. The Balaban J connectivity index is 1.57. The molecule has 2 aliphatic rings. The third kappa shape index (κ3) is 4.13. The summed E-state index contributed by atoms with van der Waals surface area (Å²) < 4.78 is 66.9. The van der Waals surface area contributed by atoms with E-state index in [1.165, 1.54) is 17.0 Å². The van der Waals surface area contributed by atoms with Gasteiger partial charge in [-0.2, -0.15) is 18.4 Å². The summed E-state index contributed by atoms with van der Waals surface area (Å²) in [5.41, 5.74) is -1.82. The Morgan fingerprint density at radius 2 is 1.91 bits per heavy atom. The van der Waals surface area contributed by atoms with E-state index in [1.807, 2.05) is 0 Å². The fourth-order valence-corrected chi connectivity index (χ4v) is 4.79. The third-order valence-corrected chi connectivity index (χ3v) is 6.70. The Kier molecular flexibility index (Phi) is 5.78. The first-order valence-corrected chi connectivity index (χ1v) is 10.3. The van der Waals surface area contributed by atoms with Gasteiger partial charge in [0, 0.05) is 48.8 Å². The summed E-state index contributed by atoms with van der Waals surface area (Å²) in [6.45, 7) is 0.876. The topological polar surface area (TPSA) is 67.6 Å². The van der Waals surface area contributed by atoms with E-state index in [9.17, 15) is 31.9 Å². The van der Waals surface area contributed by atoms with E-state index in [0.717, 1.165) is 24.3 Å². The number of anilines is 1. The van der Waals surface area contributed by atoms with Crippen molar-refractivity contribution in [2.24, 2.45) is 11.3 Å². The first-order chi connectivity index (χ1) is 15.6. The number of rotatable bonds is 3. The summed E-state index contributed by atoms with van der Waals surface area (Å²) in [5.74, 6) is -2.90. The van der Waals surface area contributed by atoms with Crippen molar-refractivity contribution in [3.63, 3.8) is 0 Å². The maximum absolute atomic E-state index is 13.6. The van der Waals surface area contributed by atoms with Crippen molar-refractivity contribution in [3.8, 4) is 6.07 Å². The highest BCUT2D eigenvalue weighted by atomic mass is 19.4. The molecule has 2 saturated heterocycles. The molecule has 2 atom stereocenters. The third-order valence-electron chi connectivity index (χ3n) is 6.70. The first kappa shape index (κ1) is 23.0. The molecule has 2 aliphatic heterocycles. The number of halogens is 5. The van der Waals surface area contributed by atoms with E-state index in [1.54, 1.807) is 11.0 Å². The zero-order valence-corrected chi connectivity index (χ0v) is 17.4. The van der Waals surface area contributed by atoms with Gasteiger partial charge in [0.05, 0.1) is 23.8 Å².